The number of amides is 2. The molecule has 0 unspecified atom stereocenters. The fourth-order valence-electron chi connectivity index (χ4n) is 2.05. The lowest BCUT2D eigenvalue weighted by Crippen LogP contribution is -2.36. The smallest absolute Gasteiger partial charge is 0.244 e. The highest BCUT2D eigenvalue weighted by atomic mass is 35.5. The van der Waals surface area contributed by atoms with Gasteiger partial charge in [-0.2, -0.15) is 0 Å². The Labute approximate surface area is 139 Å². The Hall–Kier alpha value is -2.53. The van der Waals surface area contributed by atoms with Gasteiger partial charge in [0.2, 0.25) is 11.8 Å². The minimum Gasteiger partial charge on any atom is -0.497 e. The van der Waals surface area contributed by atoms with Gasteiger partial charge in [-0.05, 0) is 36.4 Å². The zero-order valence-corrected chi connectivity index (χ0v) is 13.6. The first-order chi connectivity index (χ1) is 11.0. The molecule has 0 heterocycles. The maximum absolute atomic E-state index is 12.2. The predicted octanol–water partition coefficient (Wildman–Crippen LogP) is 3.34. The zero-order chi connectivity index (χ0) is 16.8. The lowest BCUT2D eigenvalue weighted by Gasteiger charge is -2.20. The summed E-state index contributed by atoms with van der Waals surface area (Å²) in [5, 5.41) is 3.31. The second kappa shape index (κ2) is 7.65. The van der Waals surface area contributed by atoms with E-state index in [2.05, 4.69) is 5.32 Å². The SMILES string of the molecule is COc1cccc(NC(=O)CN(C(C)=O)c2ccc(Cl)cc2)c1. The Morgan fingerprint density at radius 2 is 1.87 bits per heavy atom. The van der Waals surface area contributed by atoms with Gasteiger partial charge in [0.05, 0.1) is 7.11 Å². The molecule has 0 aliphatic carbocycles. The average Bonchev–Trinajstić information content (AvgIpc) is 2.53. The predicted molar refractivity (Wildman–Crippen MR) is 91.1 cm³/mol. The van der Waals surface area contributed by atoms with Gasteiger partial charge in [0.1, 0.15) is 12.3 Å². The van der Waals surface area contributed by atoms with E-state index in [4.69, 9.17) is 16.3 Å². The third kappa shape index (κ3) is 4.72. The van der Waals surface area contributed by atoms with Gasteiger partial charge >= 0.3 is 0 Å². The van der Waals surface area contributed by atoms with Crippen molar-refractivity contribution >= 4 is 34.8 Å². The van der Waals surface area contributed by atoms with Gasteiger partial charge in [-0.3, -0.25) is 9.59 Å². The Kier molecular flexibility index (Phi) is 5.60. The van der Waals surface area contributed by atoms with Crippen molar-refractivity contribution in [2.45, 2.75) is 6.92 Å². The summed E-state index contributed by atoms with van der Waals surface area (Å²) in [6.07, 6.45) is 0. The highest BCUT2D eigenvalue weighted by Gasteiger charge is 2.16. The number of halogens is 1. The van der Waals surface area contributed by atoms with E-state index in [0.29, 0.717) is 22.1 Å². The number of methoxy groups -OCH3 is 1. The van der Waals surface area contributed by atoms with Crippen LogP contribution in [0.3, 0.4) is 0 Å². The largest absolute Gasteiger partial charge is 0.497 e. The molecule has 120 valence electrons. The quantitative estimate of drug-likeness (QED) is 0.913. The second-order valence-corrected chi connectivity index (χ2v) is 5.30. The molecule has 0 aliphatic rings. The number of nitrogens with zero attached hydrogens (tertiary/aromatic N) is 1. The highest BCUT2D eigenvalue weighted by Crippen LogP contribution is 2.19. The fraction of sp³-hybridized carbons (Fsp3) is 0.176. The van der Waals surface area contributed by atoms with Gasteiger partial charge in [0.25, 0.3) is 0 Å². The molecule has 2 aromatic carbocycles. The summed E-state index contributed by atoms with van der Waals surface area (Å²) in [5.41, 5.74) is 1.22. The maximum atomic E-state index is 12.2. The standard InChI is InChI=1S/C17H17ClN2O3/c1-12(21)20(15-8-6-13(18)7-9-15)11-17(22)19-14-4-3-5-16(10-14)23-2/h3-10H,11H2,1-2H3,(H,19,22). The van der Waals surface area contributed by atoms with Crippen LogP contribution in [-0.4, -0.2) is 25.5 Å². The van der Waals surface area contributed by atoms with E-state index >= 15 is 0 Å². The van der Waals surface area contributed by atoms with Gasteiger partial charge in [-0.15, -0.1) is 0 Å². The number of nitrogens with one attached hydrogen (secondary N) is 1. The summed E-state index contributed by atoms with van der Waals surface area (Å²) < 4.78 is 5.11. The molecule has 5 nitrogen and oxygen atoms in total. The van der Waals surface area contributed by atoms with E-state index in [1.807, 2.05) is 0 Å². The van der Waals surface area contributed by atoms with Crippen LogP contribution < -0.4 is 15.0 Å². The summed E-state index contributed by atoms with van der Waals surface area (Å²) in [6, 6.07) is 13.8. The first kappa shape index (κ1) is 16.8. The van der Waals surface area contributed by atoms with Crippen LogP contribution >= 0.6 is 11.6 Å². The van der Waals surface area contributed by atoms with E-state index in [1.54, 1.807) is 55.6 Å². The van der Waals surface area contributed by atoms with Crippen molar-refractivity contribution in [3.8, 4) is 5.75 Å². The van der Waals surface area contributed by atoms with Crippen LogP contribution in [0.25, 0.3) is 0 Å². The molecule has 0 fully saturated rings. The fourth-order valence-corrected chi connectivity index (χ4v) is 2.18. The zero-order valence-electron chi connectivity index (χ0n) is 12.9. The number of hydrogen-bond donors (Lipinski definition) is 1. The number of hydrogen-bond acceptors (Lipinski definition) is 3. The van der Waals surface area contributed by atoms with Crippen LogP contribution in [0.1, 0.15) is 6.92 Å². The molecule has 0 saturated heterocycles. The van der Waals surface area contributed by atoms with Crippen molar-refractivity contribution in [2.75, 3.05) is 23.9 Å². The molecular formula is C17H17ClN2O3. The Morgan fingerprint density at radius 3 is 2.48 bits per heavy atom. The number of rotatable bonds is 5. The van der Waals surface area contributed by atoms with Gasteiger partial charge in [0.15, 0.2) is 0 Å². The molecule has 2 amide bonds. The molecule has 1 N–H and O–H groups in total. The second-order valence-electron chi connectivity index (χ2n) is 4.86. The van der Waals surface area contributed by atoms with E-state index in [9.17, 15) is 9.59 Å². The van der Waals surface area contributed by atoms with Crippen LogP contribution in [0.2, 0.25) is 5.02 Å². The summed E-state index contributed by atoms with van der Waals surface area (Å²) in [7, 11) is 1.55. The van der Waals surface area contributed by atoms with E-state index in [-0.39, 0.29) is 18.4 Å². The van der Waals surface area contributed by atoms with Crippen molar-refractivity contribution < 1.29 is 14.3 Å². The number of carbonyl (C=O) groups is 2. The minimum absolute atomic E-state index is 0.0891. The summed E-state index contributed by atoms with van der Waals surface area (Å²) in [5.74, 6) is 0.112. The lowest BCUT2D eigenvalue weighted by atomic mass is 10.2. The van der Waals surface area contributed by atoms with Crippen molar-refractivity contribution in [1.29, 1.82) is 0 Å². The molecule has 23 heavy (non-hydrogen) atoms. The molecule has 2 aromatic rings. The lowest BCUT2D eigenvalue weighted by molar-refractivity contribution is -0.120. The Bertz CT molecular complexity index is 701. The molecule has 0 aliphatic heterocycles. The topological polar surface area (TPSA) is 58.6 Å². The van der Waals surface area contributed by atoms with Gasteiger partial charge < -0.3 is 15.0 Å². The van der Waals surface area contributed by atoms with Crippen LogP contribution in [0.4, 0.5) is 11.4 Å². The molecule has 0 bridgehead atoms. The van der Waals surface area contributed by atoms with Crippen molar-refractivity contribution in [3.05, 3.63) is 53.6 Å². The average molecular weight is 333 g/mol. The van der Waals surface area contributed by atoms with E-state index < -0.39 is 0 Å². The minimum atomic E-state index is -0.302. The summed E-state index contributed by atoms with van der Waals surface area (Å²) >= 11 is 5.84. The molecule has 0 atom stereocenters. The van der Waals surface area contributed by atoms with E-state index in [0.717, 1.165) is 0 Å². The van der Waals surface area contributed by atoms with Crippen molar-refractivity contribution in [3.63, 3.8) is 0 Å². The molecule has 0 radical (unpaired) electrons. The number of benzene rings is 2. The van der Waals surface area contributed by atoms with Crippen molar-refractivity contribution in [1.82, 2.24) is 0 Å². The van der Waals surface area contributed by atoms with Gasteiger partial charge in [0, 0.05) is 29.4 Å². The molecule has 0 aromatic heterocycles. The normalized spacial score (nSPS) is 10.0. The van der Waals surface area contributed by atoms with Gasteiger partial charge in [-0.1, -0.05) is 17.7 Å². The molecule has 0 saturated carbocycles. The van der Waals surface area contributed by atoms with Crippen LogP contribution in [0.15, 0.2) is 48.5 Å². The molecule has 2 rings (SSSR count). The number of ether oxygens (including phenoxy) is 1. The van der Waals surface area contributed by atoms with Crippen LogP contribution in [-0.2, 0) is 9.59 Å². The Morgan fingerprint density at radius 1 is 1.17 bits per heavy atom. The summed E-state index contributed by atoms with van der Waals surface area (Å²) in [6.45, 7) is 1.32. The highest BCUT2D eigenvalue weighted by molar-refractivity contribution is 6.30. The maximum Gasteiger partial charge on any atom is 0.244 e. The van der Waals surface area contributed by atoms with Crippen LogP contribution in [0.5, 0.6) is 5.75 Å². The van der Waals surface area contributed by atoms with E-state index in [1.165, 1.54) is 11.8 Å². The number of anilines is 2. The number of carbonyl (C=O) groups excluding carboxylic acids is 2. The first-order valence-corrected chi connectivity index (χ1v) is 7.35. The summed E-state index contributed by atoms with van der Waals surface area (Å²) in [4.78, 5) is 25.4. The van der Waals surface area contributed by atoms with Gasteiger partial charge in [-0.25, -0.2) is 0 Å². The molecule has 0 spiro atoms. The third-order valence-corrected chi connectivity index (χ3v) is 3.43. The van der Waals surface area contributed by atoms with Crippen LogP contribution in [0, 0.1) is 0 Å². The third-order valence-electron chi connectivity index (χ3n) is 3.17. The Balaban J connectivity index is 2.09. The molecular weight excluding hydrogens is 316 g/mol. The first-order valence-electron chi connectivity index (χ1n) is 6.97. The van der Waals surface area contributed by atoms with Crippen molar-refractivity contribution in [2.24, 2.45) is 0 Å². The monoisotopic (exact) mass is 332 g/mol. The molecule has 6 heteroatoms.